The molecule has 1 fully saturated rings. The van der Waals surface area contributed by atoms with Gasteiger partial charge in [-0.1, -0.05) is 13.8 Å². The molecule has 1 amide bonds. The first kappa shape index (κ1) is 11.0. The van der Waals surface area contributed by atoms with Gasteiger partial charge in [0.25, 0.3) is 0 Å². The van der Waals surface area contributed by atoms with Crippen molar-refractivity contribution in [2.45, 2.75) is 38.6 Å². The number of rotatable bonds is 3. The molecular weight excluding hydrogens is 202 g/mol. The van der Waals surface area contributed by atoms with Crippen molar-refractivity contribution in [2.75, 3.05) is 0 Å². The Morgan fingerprint density at radius 3 is 3.00 bits per heavy atom. The van der Waals surface area contributed by atoms with Crippen LogP contribution in [-0.2, 0) is 4.79 Å². The van der Waals surface area contributed by atoms with Gasteiger partial charge in [-0.15, -0.1) is 0 Å². The van der Waals surface area contributed by atoms with Crippen LogP contribution in [0.2, 0.25) is 0 Å². The molecule has 4 nitrogen and oxygen atoms in total. The lowest BCUT2D eigenvalue weighted by Gasteiger charge is -2.19. The lowest BCUT2D eigenvalue weighted by molar-refractivity contribution is -0.119. The number of aromatic nitrogens is 2. The molecular formula is C12H17N3O. The van der Waals surface area contributed by atoms with Crippen molar-refractivity contribution in [1.82, 2.24) is 15.3 Å². The Kier molecular flexibility index (Phi) is 3.17. The summed E-state index contributed by atoms with van der Waals surface area (Å²) in [6.45, 7) is 4.34. The molecule has 0 saturated carbocycles. The zero-order valence-corrected chi connectivity index (χ0v) is 9.68. The van der Waals surface area contributed by atoms with Crippen LogP contribution in [0, 0.1) is 5.92 Å². The molecule has 1 aromatic rings. The SMILES string of the molecule is CC(C)CC1NC(=O)CC1c1ccncn1. The highest BCUT2D eigenvalue weighted by Gasteiger charge is 2.34. The van der Waals surface area contributed by atoms with Crippen LogP contribution in [-0.4, -0.2) is 21.9 Å². The molecule has 1 aliphatic heterocycles. The summed E-state index contributed by atoms with van der Waals surface area (Å²) in [6.07, 6.45) is 4.83. The van der Waals surface area contributed by atoms with Gasteiger partial charge in [0.2, 0.25) is 5.91 Å². The molecule has 1 aromatic heterocycles. The molecule has 2 rings (SSSR count). The molecule has 0 aliphatic carbocycles. The molecule has 0 bridgehead atoms. The highest BCUT2D eigenvalue weighted by atomic mass is 16.2. The number of carbonyl (C=O) groups excluding carboxylic acids is 1. The molecule has 2 heterocycles. The average molecular weight is 219 g/mol. The van der Waals surface area contributed by atoms with Crippen molar-refractivity contribution in [3.05, 3.63) is 24.3 Å². The molecule has 1 aliphatic rings. The summed E-state index contributed by atoms with van der Waals surface area (Å²) < 4.78 is 0. The molecule has 0 spiro atoms. The number of hydrogen-bond donors (Lipinski definition) is 1. The van der Waals surface area contributed by atoms with Crippen LogP contribution < -0.4 is 5.32 Å². The van der Waals surface area contributed by atoms with E-state index in [1.54, 1.807) is 12.5 Å². The maximum Gasteiger partial charge on any atom is 0.220 e. The van der Waals surface area contributed by atoms with Crippen LogP contribution in [0.5, 0.6) is 0 Å². The molecule has 1 saturated heterocycles. The summed E-state index contributed by atoms with van der Waals surface area (Å²) in [5.41, 5.74) is 0.971. The van der Waals surface area contributed by atoms with Gasteiger partial charge in [0.1, 0.15) is 6.33 Å². The van der Waals surface area contributed by atoms with E-state index in [0.717, 1.165) is 12.1 Å². The van der Waals surface area contributed by atoms with E-state index >= 15 is 0 Å². The van der Waals surface area contributed by atoms with Gasteiger partial charge in [0.15, 0.2) is 0 Å². The third-order valence-electron chi connectivity index (χ3n) is 2.95. The second-order valence-electron chi connectivity index (χ2n) is 4.75. The topological polar surface area (TPSA) is 54.9 Å². The first-order valence-electron chi connectivity index (χ1n) is 5.72. The third kappa shape index (κ3) is 2.38. The summed E-state index contributed by atoms with van der Waals surface area (Å²) in [6, 6.07) is 2.13. The van der Waals surface area contributed by atoms with E-state index in [4.69, 9.17) is 0 Å². The predicted molar refractivity (Wildman–Crippen MR) is 60.8 cm³/mol. The zero-order chi connectivity index (χ0) is 11.5. The number of nitrogens with zero attached hydrogens (tertiary/aromatic N) is 2. The quantitative estimate of drug-likeness (QED) is 0.838. The fourth-order valence-corrected chi connectivity index (χ4v) is 2.27. The molecule has 4 heteroatoms. The first-order chi connectivity index (χ1) is 7.66. The van der Waals surface area contributed by atoms with E-state index in [1.165, 1.54) is 0 Å². The minimum atomic E-state index is 0.134. The molecule has 2 unspecified atom stereocenters. The summed E-state index contributed by atoms with van der Waals surface area (Å²) >= 11 is 0. The maximum atomic E-state index is 11.5. The van der Waals surface area contributed by atoms with E-state index in [-0.39, 0.29) is 17.9 Å². The molecule has 0 radical (unpaired) electrons. The van der Waals surface area contributed by atoms with Crippen molar-refractivity contribution in [3.8, 4) is 0 Å². The fourth-order valence-electron chi connectivity index (χ4n) is 2.27. The summed E-state index contributed by atoms with van der Waals surface area (Å²) in [4.78, 5) is 19.6. The monoisotopic (exact) mass is 219 g/mol. The highest BCUT2D eigenvalue weighted by molar-refractivity contribution is 5.80. The normalized spacial score (nSPS) is 24.8. The Labute approximate surface area is 95.5 Å². The van der Waals surface area contributed by atoms with Crippen LogP contribution in [0.1, 0.15) is 38.3 Å². The Bertz CT molecular complexity index is 364. The van der Waals surface area contributed by atoms with Gasteiger partial charge in [-0.25, -0.2) is 9.97 Å². The van der Waals surface area contributed by atoms with Crippen molar-refractivity contribution < 1.29 is 4.79 Å². The largest absolute Gasteiger partial charge is 0.353 e. The van der Waals surface area contributed by atoms with Gasteiger partial charge >= 0.3 is 0 Å². The second-order valence-corrected chi connectivity index (χ2v) is 4.75. The van der Waals surface area contributed by atoms with Crippen LogP contribution in [0.4, 0.5) is 0 Å². The van der Waals surface area contributed by atoms with Crippen molar-refractivity contribution in [2.24, 2.45) is 5.92 Å². The fraction of sp³-hybridized carbons (Fsp3) is 0.583. The lowest BCUT2D eigenvalue weighted by Crippen LogP contribution is -2.29. The van der Waals surface area contributed by atoms with E-state index < -0.39 is 0 Å². The van der Waals surface area contributed by atoms with Gasteiger partial charge in [-0.05, 0) is 18.4 Å². The van der Waals surface area contributed by atoms with Gasteiger partial charge in [-0.3, -0.25) is 4.79 Å². The number of carbonyl (C=O) groups is 1. The van der Waals surface area contributed by atoms with Gasteiger partial charge < -0.3 is 5.32 Å². The van der Waals surface area contributed by atoms with Gasteiger partial charge in [-0.2, -0.15) is 0 Å². The van der Waals surface area contributed by atoms with E-state index in [0.29, 0.717) is 12.3 Å². The van der Waals surface area contributed by atoms with E-state index in [2.05, 4.69) is 29.1 Å². The summed E-state index contributed by atoms with van der Waals surface area (Å²) in [5.74, 6) is 0.917. The number of nitrogens with one attached hydrogen (secondary N) is 1. The van der Waals surface area contributed by atoms with Crippen LogP contribution in [0.15, 0.2) is 18.6 Å². The number of hydrogen-bond acceptors (Lipinski definition) is 3. The third-order valence-corrected chi connectivity index (χ3v) is 2.95. The van der Waals surface area contributed by atoms with Gasteiger partial charge in [0, 0.05) is 30.3 Å². The van der Waals surface area contributed by atoms with Gasteiger partial charge in [0.05, 0.1) is 0 Å². The van der Waals surface area contributed by atoms with Crippen molar-refractivity contribution in [1.29, 1.82) is 0 Å². The summed E-state index contributed by atoms with van der Waals surface area (Å²) in [7, 11) is 0. The number of amides is 1. The standard InChI is InChI=1S/C12H17N3O/c1-8(2)5-11-9(6-12(16)15-11)10-3-4-13-7-14-10/h3-4,7-9,11H,5-6H2,1-2H3,(H,15,16). The molecule has 86 valence electrons. The molecule has 0 aromatic carbocycles. The van der Waals surface area contributed by atoms with E-state index in [1.807, 2.05) is 6.07 Å². The zero-order valence-electron chi connectivity index (χ0n) is 9.68. The molecule has 16 heavy (non-hydrogen) atoms. The Hall–Kier alpha value is -1.45. The minimum absolute atomic E-state index is 0.134. The Balaban J connectivity index is 2.16. The smallest absolute Gasteiger partial charge is 0.220 e. The Morgan fingerprint density at radius 1 is 1.56 bits per heavy atom. The Morgan fingerprint density at radius 2 is 2.38 bits per heavy atom. The van der Waals surface area contributed by atoms with Crippen LogP contribution in [0.25, 0.3) is 0 Å². The first-order valence-corrected chi connectivity index (χ1v) is 5.72. The van der Waals surface area contributed by atoms with Crippen molar-refractivity contribution >= 4 is 5.91 Å². The molecule has 1 N–H and O–H groups in total. The second kappa shape index (κ2) is 4.60. The predicted octanol–water partition coefficient (Wildman–Crippen LogP) is 1.49. The van der Waals surface area contributed by atoms with Crippen LogP contribution >= 0.6 is 0 Å². The molecule has 2 atom stereocenters. The summed E-state index contributed by atoms with van der Waals surface area (Å²) in [5, 5.41) is 3.03. The highest BCUT2D eigenvalue weighted by Crippen LogP contribution is 2.30. The van der Waals surface area contributed by atoms with E-state index in [9.17, 15) is 4.79 Å². The maximum absolute atomic E-state index is 11.5. The lowest BCUT2D eigenvalue weighted by atomic mass is 9.90. The van der Waals surface area contributed by atoms with Crippen LogP contribution in [0.3, 0.4) is 0 Å². The van der Waals surface area contributed by atoms with Crippen molar-refractivity contribution in [3.63, 3.8) is 0 Å². The minimum Gasteiger partial charge on any atom is -0.353 e. The average Bonchev–Trinajstić information content (AvgIpc) is 2.60.